The molecule has 1 N–H and O–H groups in total. The SMILES string of the molecule is Cc1ccnc(CCN(CCNC=O)C(=O)c2ccc(-c3cccc4cccnc34)c(C)c2)c1. The van der Waals surface area contributed by atoms with Crippen LogP contribution in [0.25, 0.3) is 22.0 Å². The summed E-state index contributed by atoms with van der Waals surface area (Å²) < 4.78 is 0. The van der Waals surface area contributed by atoms with Gasteiger partial charge in [-0.25, -0.2) is 0 Å². The van der Waals surface area contributed by atoms with E-state index in [1.807, 2.05) is 68.4 Å². The zero-order valence-corrected chi connectivity index (χ0v) is 19.5. The van der Waals surface area contributed by atoms with Crippen LogP contribution >= 0.6 is 0 Å². The molecule has 0 bridgehead atoms. The molecule has 0 saturated heterocycles. The lowest BCUT2D eigenvalue weighted by molar-refractivity contribution is -0.109. The second-order valence-electron chi connectivity index (χ2n) is 8.35. The van der Waals surface area contributed by atoms with Crippen LogP contribution in [0.1, 0.15) is 27.2 Å². The standard InChI is InChI=1S/C28H28N4O2/c1-20-10-13-30-24(17-20)11-15-32(16-14-29-19-33)28(34)23-8-9-25(21(2)18-23)26-7-3-5-22-6-4-12-31-27(22)26/h3-10,12-13,17-19H,11,14-16H2,1-2H3,(H,29,33). The van der Waals surface area contributed by atoms with Crippen molar-refractivity contribution in [3.63, 3.8) is 0 Å². The molecule has 6 nitrogen and oxygen atoms in total. The summed E-state index contributed by atoms with van der Waals surface area (Å²) in [5.41, 5.74) is 6.76. The molecule has 6 heteroatoms. The molecule has 0 aliphatic heterocycles. The zero-order chi connectivity index (χ0) is 23.9. The van der Waals surface area contributed by atoms with E-state index in [1.165, 1.54) is 0 Å². The first-order valence-corrected chi connectivity index (χ1v) is 11.4. The number of aryl methyl sites for hydroxylation is 2. The summed E-state index contributed by atoms with van der Waals surface area (Å²) in [6, 6.07) is 19.9. The van der Waals surface area contributed by atoms with Crippen molar-refractivity contribution in [3.05, 3.63) is 95.4 Å². The molecule has 2 aromatic carbocycles. The molecule has 2 aromatic heterocycles. The third kappa shape index (κ3) is 5.29. The van der Waals surface area contributed by atoms with Crippen LogP contribution in [0.4, 0.5) is 0 Å². The highest BCUT2D eigenvalue weighted by Gasteiger charge is 2.17. The molecule has 4 aromatic rings. The summed E-state index contributed by atoms with van der Waals surface area (Å²) in [4.78, 5) is 34.9. The quantitative estimate of drug-likeness (QED) is 0.303. The Morgan fingerprint density at radius 3 is 2.59 bits per heavy atom. The van der Waals surface area contributed by atoms with Crippen LogP contribution in [-0.4, -0.2) is 46.8 Å². The van der Waals surface area contributed by atoms with Gasteiger partial charge in [0.15, 0.2) is 0 Å². The minimum Gasteiger partial charge on any atom is -0.357 e. The largest absolute Gasteiger partial charge is 0.357 e. The monoisotopic (exact) mass is 452 g/mol. The van der Waals surface area contributed by atoms with Crippen molar-refractivity contribution < 1.29 is 9.59 Å². The number of fused-ring (bicyclic) bond motifs is 1. The zero-order valence-electron chi connectivity index (χ0n) is 19.5. The normalized spacial score (nSPS) is 10.8. The first kappa shape index (κ1) is 23.1. The maximum absolute atomic E-state index is 13.4. The van der Waals surface area contributed by atoms with E-state index in [2.05, 4.69) is 21.4 Å². The fourth-order valence-corrected chi connectivity index (χ4v) is 4.16. The molecule has 0 aliphatic carbocycles. The number of amides is 2. The lowest BCUT2D eigenvalue weighted by Crippen LogP contribution is -2.38. The number of hydrogen-bond donors (Lipinski definition) is 1. The third-order valence-corrected chi connectivity index (χ3v) is 5.90. The van der Waals surface area contributed by atoms with Gasteiger partial charge in [0.2, 0.25) is 6.41 Å². The molecule has 0 atom stereocenters. The van der Waals surface area contributed by atoms with Crippen LogP contribution in [0, 0.1) is 13.8 Å². The van der Waals surface area contributed by atoms with Crippen molar-refractivity contribution in [1.82, 2.24) is 20.2 Å². The Bertz CT molecular complexity index is 1310. The smallest absolute Gasteiger partial charge is 0.253 e. The van der Waals surface area contributed by atoms with Gasteiger partial charge >= 0.3 is 0 Å². The molecule has 172 valence electrons. The minimum absolute atomic E-state index is 0.0638. The van der Waals surface area contributed by atoms with E-state index < -0.39 is 0 Å². The van der Waals surface area contributed by atoms with Crippen LogP contribution in [0.2, 0.25) is 0 Å². The van der Waals surface area contributed by atoms with Crippen LogP contribution < -0.4 is 5.32 Å². The summed E-state index contributed by atoms with van der Waals surface area (Å²) in [5.74, 6) is -0.0638. The maximum Gasteiger partial charge on any atom is 0.253 e. The van der Waals surface area contributed by atoms with Crippen molar-refractivity contribution in [2.24, 2.45) is 0 Å². The number of aromatic nitrogens is 2. The molecule has 2 amide bonds. The second kappa shape index (κ2) is 10.7. The molecule has 2 heterocycles. The highest BCUT2D eigenvalue weighted by atomic mass is 16.2. The van der Waals surface area contributed by atoms with Crippen LogP contribution in [0.3, 0.4) is 0 Å². The summed E-state index contributed by atoms with van der Waals surface area (Å²) in [6.45, 7) is 5.39. The summed E-state index contributed by atoms with van der Waals surface area (Å²) in [6.07, 6.45) is 4.89. The van der Waals surface area contributed by atoms with Gasteiger partial charge in [0.05, 0.1) is 5.52 Å². The molecule has 0 aliphatic rings. The molecule has 0 radical (unpaired) electrons. The Kier molecular flexibility index (Phi) is 7.28. The highest BCUT2D eigenvalue weighted by Crippen LogP contribution is 2.30. The van der Waals surface area contributed by atoms with Crippen LogP contribution in [0.15, 0.2) is 73.1 Å². The number of rotatable bonds is 9. The molecule has 0 fully saturated rings. The molecule has 0 saturated carbocycles. The van der Waals surface area contributed by atoms with Gasteiger partial charge in [-0.1, -0.05) is 30.3 Å². The number of nitrogens with one attached hydrogen (secondary N) is 1. The number of carbonyl (C=O) groups excluding carboxylic acids is 2. The molecule has 4 rings (SSSR count). The second-order valence-corrected chi connectivity index (χ2v) is 8.35. The number of para-hydroxylation sites is 1. The van der Waals surface area contributed by atoms with Gasteiger partial charge in [0.1, 0.15) is 0 Å². The van der Waals surface area contributed by atoms with Gasteiger partial charge in [0.25, 0.3) is 5.91 Å². The minimum atomic E-state index is -0.0638. The van der Waals surface area contributed by atoms with Crippen LogP contribution in [-0.2, 0) is 11.2 Å². The Hall–Kier alpha value is -4.06. The van der Waals surface area contributed by atoms with Gasteiger partial charge in [-0.3, -0.25) is 19.6 Å². The van der Waals surface area contributed by atoms with Gasteiger partial charge < -0.3 is 10.2 Å². The van der Waals surface area contributed by atoms with Gasteiger partial charge in [-0.15, -0.1) is 0 Å². The number of carbonyl (C=O) groups is 2. The Labute approximate surface area is 199 Å². The Morgan fingerprint density at radius 2 is 1.79 bits per heavy atom. The van der Waals surface area contributed by atoms with E-state index in [1.54, 1.807) is 17.3 Å². The number of nitrogens with zero attached hydrogens (tertiary/aromatic N) is 3. The average Bonchev–Trinajstić information content (AvgIpc) is 2.85. The Morgan fingerprint density at radius 1 is 0.941 bits per heavy atom. The van der Waals surface area contributed by atoms with Crippen molar-refractivity contribution in [2.45, 2.75) is 20.3 Å². The summed E-state index contributed by atoms with van der Waals surface area (Å²) >= 11 is 0. The number of hydrogen-bond acceptors (Lipinski definition) is 4. The predicted molar refractivity (Wildman–Crippen MR) is 135 cm³/mol. The van der Waals surface area contributed by atoms with Crippen molar-refractivity contribution >= 4 is 23.2 Å². The van der Waals surface area contributed by atoms with E-state index >= 15 is 0 Å². The molecule has 0 unspecified atom stereocenters. The highest BCUT2D eigenvalue weighted by molar-refractivity contribution is 5.97. The van der Waals surface area contributed by atoms with E-state index in [-0.39, 0.29) is 5.91 Å². The van der Waals surface area contributed by atoms with E-state index in [0.29, 0.717) is 38.0 Å². The first-order chi connectivity index (χ1) is 16.6. The predicted octanol–water partition coefficient (Wildman–Crippen LogP) is 4.34. The Balaban J connectivity index is 1.58. The fourth-order valence-electron chi connectivity index (χ4n) is 4.16. The first-order valence-electron chi connectivity index (χ1n) is 11.4. The summed E-state index contributed by atoms with van der Waals surface area (Å²) in [7, 11) is 0. The lowest BCUT2D eigenvalue weighted by atomic mass is 9.96. The van der Waals surface area contributed by atoms with Gasteiger partial charge in [0, 0.05) is 60.7 Å². The number of pyridine rings is 2. The van der Waals surface area contributed by atoms with Crippen molar-refractivity contribution in [3.8, 4) is 11.1 Å². The summed E-state index contributed by atoms with van der Waals surface area (Å²) in [5, 5.41) is 3.74. The third-order valence-electron chi connectivity index (χ3n) is 5.90. The molecular formula is C28H28N4O2. The van der Waals surface area contributed by atoms with E-state index in [0.717, 1.165) is 38.9 Å². The van der Waals surface area contributed by atoms with E-state index in [9.17, 15) is 9.59 Å². The van der Waals surface area contributed by atoms with E-state index in [4.69, 9.17) is 0 Å². The number of benzene rings is 2. The fraction of sp³-hybridized carbons (Fsp3) is 0.214. The van der Waals surface area contributed by atoms with Gasteiger partial charge in [-0.05, 0) is 60.9 Å². The topological polar surface area (TPSA) is 75.2 Å². The van der Waals surface area contributed by atoms with Crippen molar-refractivity contribution in [2.75, 3.05) is 19.6 Å². The lowest BCUT2D eigenvalue weighted by Gasteiger charge is -2.23. The molecule has 34 heavy (non-hydrogen) atoms. The van der Waals surface area contributed by atoms with Gasteiger partial charge in [-0.2, -0.15) is 0 Å². The maximum atomic E-state index is 13.4. The molecular weight excluding hydrogens is 424 g/mol. The van der Waals surface area contributed by atoms with Crippen molar-refractivity contribution in [1.29, 1.82) is 0 Å². The molecule has 0 spiro atoms. The average molecular weight is 453 g/mol. The van der Waals surface area contributed by atoms with Crippen LogP contribution in [0.5, 0.6) is 0 Å².